The van der Waals surface area contributed by atoms with Crippen molar-refractivity contribution in [3.05, 3.63) is 30.1 Å². The van der Waals surface area contributed by atoms with Gasteiger partial charge in [0.25, 0.3) is 0 Å². The molecule has 0 saturated heterocycles. The van der Waals surface area contributed by atoms with Gasteiger partial charge in [0.15, 0.2) is 0 Å². The van der Waals surface area contributed by atoms with Crippen LogP contribution in [0, 0.1) is 5.82 Å². The van der Waals surface area contributed by atoms with Crippen LogP contribution in [0.25, 0.3) is 0 Å². The number of rotatable bonds is 5. The van der Waals surface area contributed by atoms with E-state index in [-0.39, 0.29) is 11.4 Å². The van der Waals surface area contributed by atoms with E-state index in [1.165, 1.54) is 12.1 Å². The number of hydrogen-bond acceptors (Lipinski definition) is 2. The molecular weight excluding hydrogens is 203 g/mol. The Kier molecular flexibility index (Phi) is 4.30. The fourth-order valence-electron chi connectivity index (χ4n) is 1.59. The van der Waals surface area contributed by atoms with Gasteiger partial charge in [-0.15, -0.1) is 0 Å². The van der Waals surface area contributed by atoms with Crippen LogP contribution in [0.5, 0.6) is 0 Å². The molecule has 0 aliphatic heterocycles. The Hall–Kier alpha value is -1.09. The van der Waals surface area contributed by atoms with Crippen LogP contribution in [-0.4, -0.2) is 18.6 Å². The quantitative estimate of drug-likeness (QED) is 0.833. The van der Waals surface area contributed by atoms with E-state index in [4.69, 9.17) is 5.73 Å². The molecule has 0 spiro atoms. The van der Waals surface area contributed by atoms with E-state index in [9.17, 15) is 4.39 Å². The van der Waals surface area contributed by atoms with Crippen LogP contribution in [0.4, 0.5) is 10.1 Å². The molecule has 1 unspecified atom stereocenters. The lowest BCUT2D eigenvalue weighted by Gasteiger charge is -2.32. The van der Waals surface area contributed by atoms with Crippen LogP contribution in [0.3, 0.4) is 0 Å². The Balaban J connectivity index is 2.78. The van der Waals surface area contributed by atoms with E-state index < -0.39 is 0 Å². The summed E-state index contributed by atoms with van der Waals surface area (Å²) < 4.78 is 12.8. The summed E-state index contributed by atoms with van der Waals surface area (Å²) in [6, 6.07) is 6.56. The number of nitrogens with zero attached hydrogens (tertiary/aromatic N) is 1. The zero-order valence-electron chi connectivity index (χ0n) is 10.3. The van der Waals surface area contributed by atoms with Gasteiger partial charge in [0.2, 0.25) is 0 Å². The summed E-state index contributed by atoms with van der Waals surface area (Å²) >= 11 is 0. The van der Waals surface area contributed by atoms with Gasteiger partial charge in [-0.1, -0.05) is 6.92 Å². The van der Waals surface area contributed by atoms with Gasteiger partial charge in [-0.25, -0.2) is 4.39 Å². The first-order chi connectivity index (χ1) is 7.48. The second-order valence-electron chi connectivity index (χ2n) is 4.50. The highest BCUT2D eigenvalue weighted by molar-refractivity contribution is 5.46. The molecule has 0 amide bonds. The van der Waals surface area contributed by atoms with Crippen LogP contribution in [0.2, 0.25) is 0 Å². The molecule has 90 valence electrons. The maximum Gasteiger partial charge on any atom is 0.123 e. The maximum atomic E-state index is 12.8. The van der Waals surface area contributed by atoms with Crippen molar-refractivity contribution in [2.45, 2.75) is 32.7 Å². The minimum Gasteiger partial charge on any atom is -0.370 e. The number of anilines is 1. The van der Waals surface area contributed by atoms with Gasteiger partial charge in [-0.05, 0) is 44.5 Å². The third-order valence-corrected chi connectivity index (χ3v) is 2.93. The van der Waals surface area contributed by atoms with Gasteiger partial charge in [0, 0.05) is 24.3 Å². The molecule has 1 rings (SSSR count). The van der Waals surface area contributed by atoms with Crippen molar-refractivity contribution in [1.82, 2.24) is 0 Å². The Bertz CT molecular complexity index is 319. The lowest BCUT2D eigenvalue weighted by molar-refractivity contribution is 0.448. The van der Waals surface area contributed by atoms with E-state index in [2.05, 4.69) is 18.7 Å². The molecule has 1 aromatic carbocycles. The van der Waals surface area contributed by atoms with E-state index >= 15 is 0 Å². The number of likely N-dealkylation sites (N-methyl/N-ethyl adjacent to an activating group) is 1. The smallest absolute Gasteiger partial charge is 0.123 e. The van der Waals surface area contributed by atoms with Crippen LogP contribution >= 0.6 is 0 Å². The minimum absolute atomic E-state index is 0.203. The third kappa shape index (κ3) is 3.49. The topological polar surface area (TPSA) is 29.3 Å². The molecule has 0 fully saturated rings. The van der Waals surface area contributed by atoms with Crippen LogP contribution in [0.1, 0.15) is 27.2 Å². The van der Waals surface area contributed by atoms with Crippen LogP contribution < -0.4 is 10.6 Å². The van der Waals surface area contributed by atoms with Gasteiger partial charge >= 0.3 is 0 Å². The average Bonchev–Trinajstić information content (AvgIpc) is 2.27. The molecule has 0 bridgehead atoms. The molecule has 16 heavy (non-hydrogen) atoms. The van der Waals surface area contributed by atoms with Crippen molar-refractivity contribution >= 4 is 5.69 Å². The summed E-state index contributed by atoms with van der Waals surface area (Å²) in [5.41, 5.74) is 6.96. The molecule has 1 atom stereocenters. The number of hydrogen-bond donors (Lipinski definition) is 1. The van der Waals surface area contributed by atoms with Gasteiger partial charge in [-0.3, -0.25) is 0 Å². The second-order valence-corrected chi connectivity index (χ2v) is 4.50. The van der Waals surface area contributed by atoms with Gasteiger partial charge in [-0.2, -0.15) is 0 Å². The predicted molar refractivity (Wildman–Crippen MR) is 67.2 cm³/mol. The van der Waals surface area contributed by atoms with Gasteiger partial charge < -0.3 is 10.6 Å². The first-order valence-electron chi connectivity index (χ1n) is 5.78. The Labute approximate surface area is 97.3 Å². The molecule has 0 heterocycles. The normalized spacial score (nSPS) is 14.6. The molecule has 0 aromatic heterocycles. The van der Waals surface area contributed by atoms with Crippen molar-refractivity contribution in [3.8, 4) is 0 Å². The van der Waals surface area contributed by atoms with E-state index in [0.29, 0.717) is 0 Å². The third-order valence-electron chi connectivity index (χ3n) is 2.93. The summed E-state index contributed by atoms with van der Waals surface area (Å²) in [5.74, 6) is -0.203. The fraction of sp³-hybridized carbons (Fsp3) is 0.538. The average molecular weight is 224 g/mol. The molecule has 0 saturated carbocycles. The lowest BCUT2D eigenvalue weighted by atomic mass is 9.99. The molecule has 2 N–H and O–H groups in total. The Morgan fingerprint density at radius 3 is 2.25 bits per heavy atom. The molecule has 1 aromatic rings. The van der Waals surface area contributed by atoms with Crippen molar-refractivity contribution < 1.29 is 4.39 Å². The maximum absolute atomic E-state index is 12.8. The van der Waals surface area contributed by atoms with Crippen molar-refractivity contribution in [2.75, 3.05) is 18.0 Å². The summed E-state index contributed by atoms with van der Waals surface area (Å²) in [7, 11) is 0. The SMILES string of the molecule is CCN(CC(C)(N)CC)c1ccc(F)cc1. The fourth-order valence-corrected chi connectivity index (χ4v) is 1.59. The summed E-state index contributed by atoms with van der Waals surface area (Å²) in [6.45, 7) is 7.86. The lowest BCUT2D eigenvalue weighted by Crippen LogP contribution is -2.47. The van der Waals surface area contributed by atoms with Crippen LogP contribution in [-0.2, 0) is 0 Å². The zero-order valence-corrected chi connectivity index (χ0v) is 10.3. The molecule has 2 nitrogen and oxygen atoms in total. The molecule has 0 radical (unpaired) electrons. The number of benzene rings is 1. The largest absolute Gasteiger partial charge is 0.370 e. The highest BCUT2D eigenvalue weighted by Crippen LogP contribution is 2.18. The van der Waals surface area contributed by atoms with Crippen molar-refractivity contribution in [3.63, 3.8) is 0 Å². The van der Waals surface area contributed by atoms with Gasteiger partial charge in [0.05, 0.1) is 0 Å². The second kappa shape index (κ2) is 5.30. The highest BCUT2D eigenvalue weighted by atomic mass is 19.1. The molecule has 3 heteroatoms. The first-order valence-corrected chi connectivity index (χ1v) is 5.78. The van der Waals surface area contributed by atoms with E-state index in [1.54, 1.807) is 12.1 Å². The van der Waals surface area contributed by atoms with Crippen LogP contribution in [0.15, 0.2) is 24.3 Å². The molecule has 0 aliphatic rings. The van der Waals surface area contributed by atoms with Gasteiger partial charge in [0.1, 0.15) is 5.82 Å². The Morgan fingerprint density at radius 2 is 1.81 bits per heavy atom. The summed E-state index contributed by atoms with van der Waals surface area (Å²) in [6.07, 6.45) is 0.921. The summed E-state index contributed by atoms with van der Waals surface area (Å²) in [5, 5.41) is 0. The number of nitrogens with two attached hydrogens (primary N) is 1. The minimum atomic E-state index is -0.204. The van der Waals surface area contributed by atoms with Crippen molar-refractivity contribution in [1.29, 1.82) is 0 Å². The molecular formula is C13H21FN2. The first kappa shape index (κ1) is 13.0. The van der Waals surface area contributed by atoms with E-state index in [0.717, 1.165) is 25.2 Å². The Morgan fingerprint density at radius 1 is 1.25 bits per heavy atom. The molecule has 0 aliphatic carbocycles. The predicted octanol–water partition coefficient (Wildman–Crippen LogP) is 2.78. The highest BCUT2D eigenvalue weighted by Gasteiger charge is 2.19. The standard InChI is InChI=1S/C13H21FN2/c1-4-13(3,15)10-16(5-2)12-8-6-11(14)7-9-12/h6-9H,4-5,10,15H2,1-3H3. The summed E-state index contributed by atoms with van der Waals surface area (Å²) in [4.78, 5) is 2.17. The zero-order chi connectivity index (χ0) is 12.2. The monoisotopic (exact) mass is 224 g/mol. The van der Waals surface area contributed by atoms with Crippen molar-refractivity contribution in [2.24, 2.45) is 5.73 Å². The van der Waals surface area contributed by atoms with E-state index in [1.807, 2.05) is 6.92 Å². The number of halogens is 1.